The number of nitrogens with zero attached hydrogens (tertiary/aromatic N) is 1. The van der Waals surface area contributed by atoms with Gasteiger partial charge in [-0.25, -0.2) is 0 Å². The third-order valence-corrected chi connectivity index (χ3v) is 3.03. The molecule has 2 aromatic rings. The van der Waals surface area contributed by atoms with Crippen LogP contribution in [0, 0.1) is 0 Å². The molecule has 0 heterocycles. The van der Waals surface area contributed by atoms with Crippen molar-refractivity contribution in [2.75, 3.05) is 18.1 Å². The molecular weight excluding hydrogens is 222 g/mol. The maximum absolute atomic E-state index is 8.91. The summed E-state index contributed by atoms with van der Waals surface area (Å²) in [6.07, 6.45) is 0.720. The normalized spacial score (nSPS) is 10.3. The number of hydrogen-bond donors (Lipinski definition) is 1. The summed E-state index contributed by atoms with van der Waals surface area (Å²) >= 11 is 0. The van der Waals surface area contributed by atoms with E-state index in [1.54, 1.807) is 0 Å². The van der Waals surface area contributed by atoms with E-state index in [0.29, 0.717) is 0 Å². The Morgan fingerprint density at radius 1 is 0.889 bits per heavy atom. The fourth-order valence-corrected chi connectivity index (χ4v) is 2.09. The van der Waals surface area contributed by atoms with E-state index in [4.69, 9.17) is 5.11 Å². The minimum atomic E-state index is 0.204. The highest BCUT2D eigenvalue weighted by atomic mass is 16.2. The first-order valence-corrected chi connectivity index (χ1v) is 6.37. The van der Waals surface area contributed by atoms with Crippen LogP contribution in [-0.2, 0) is 6.42 Å². The third kappa shape index (κ3) is 2.90. The van der Waals surface area contributed by atoms with Crippen molar-refractivity contribution in [2.24, 2.45) is 0 Å². The van der Waals surface area contributed by atoms with Gasteiger partial charge in [0.1, 0.15) is 0 Å². The van der Waals surface area contributed by atoms with Gasteiger partial charge in [-0.1, -0.05) is 30.3 Å². The molecule has 0 atom stereocenters. The van der Waals surface area contributed by atoms with Crippen molar-refractivity contribution >= 4 is 11.4 Å². The summed E-state index contributed by atoms with van der Waals surface area (Å²) in [6, 6.07) is 18.8. The average Bonchev–Trinajstić information content (AvgIpc) is 2.43. The minimum Gasteiger partial charge on any atom is -0.396 e. The molecule has 2 aromatic carbocycles. The van der Waals surface area contributed by atoms with Gasteiger partial charge in [-0.15, -0.1) is 0 Å². The Bertz CT molecular complexity index is 464. The predicted molar refractivity (Wildman–Crippen MR) is 76.4 cm³/mol. The lowest BCUT2D eigenvalue weighted by Crippen LogP contribution is -2.15. The summed E-state index contributed by atoms with van der Waals surface area (Å²) in [5.74, 6) is 0. The number of aliphatic hydroxyl groups excluding tert-OH is 1. The zero-order chi connectivity index (χ0) is 12.8. The van der Waals surface area contributed by atoms with Crippen molar-refractivity contribution in [3.8, 4) is 0 Å². The molecule has 0 unspecified atom stereocenters. The highest BCUT2D eigenvalue weighted by Crippen LogP contribution is 2.24. The van der Waals surface area contributed by atoms with Crippen LogP contribution in [0.25, 0.3) is 0 Å². The minimum absolute atomic E-state index is 0.204. The molecule has 0 amide bonds. The zero-order valence-corrected chi connectivity index (χ0v) is 10.7. The molecule has 0 fully saturated rings. The molecule has 0 aliphatic rings. The number of para-hydroxylation sites is 1. The average molecular weight is 241 g/mol. The molecule has 94 valence electrons. The molecule has 0 spiro atoms. The highest BCUT2D eigenvalue weighted by molar-refractivity contribution is 5.63. The van der Waals surface area contributed by atoms with Gasteiger partial charge in [0, 0.05) is 24.5 Å². The molecule has 2 nitrogen and oxygen atoms in total. The first kappa shape index (κ1) is 12.7. The van der Waals surface area contributed by atoms with Crippen LogP contribution in [-0.4, -0.2) is 18.3 Å². The van der Waals surface area contributed by atoms with Crippen molar-refractivity contribution in [1.29, 1.82) is 0 Å². The predicted octanol–water partition coefficient (Wildman–Crippen LogP) is 3.38. The van der Waals surface area contributed by atoms with Crippen molar-refractivity contribution in [3.05, 3.63) is 60.2 Å². The molecule has 18 heavy (non-hydrogen) atoms. The van der Waals surface area contributed by atoms with Gasteiger partial charge in [0.25, 0.3) is 0 Å². The lowest BCUT2D eigenvalue weighted by Gasteiger charge is -2.23. The van der Waals surface area contributed by atoms with E-state index in [2.05, 4.69) is 60.4 Å². The van der Waals surface area contributed by atoms with Crippen molar-refractivity contribution in [1.82, 2.24) is 0 Å². The van der Waals surface area contributed by atoms with Crippen LogP contribution in [0.4, 0.5) is 11.4 Å². The fourth-order valence-electron chi connectivity index (χ4n) is 2.09. The number of benzene rings is 2. The molecule has 0 saturated carbocycles. The maximum atomic E-state index is 8.91. The van der Waals surface area contributed by atoms with E-state index >= 15 is 0 Å². The van der Waals surface area contributed by atoms with Gasteiger partial charge in [0.2, 0.25) is 0 Å². The SMILES string of the molecule is CCN(c1ccccc1)c1ccc(CCO)cc1. The smallest absolute Gasteiger partial charge is 0.0471 e. The molecule has 0 bridgehead atoms. The van der Waals surface area contributed by atoms with E-state index in [1.807, 2.05) is 6.07 Å². The van der Waals surface area contributed by atoms with Gasteiger partial charge in [-0.05, 0) is 43.2 Å². The van der Waals surface area contributed by atoms with Crippen molar-refractivity contribution in [2.45, 2.75) is 13.3 Å². The Balaban J connectivity index is 2.23. The van der Waals surface area contributed by atoms with Crippen LogP contribution in [0.5, 0.6) is 0 Å². The zero-order valence-electron chi connectivity index (χ0n) is 10.7. The van der Waals surface area contributed by atoms with Crippen LogP contribution >= 0.6 is 0 Å². The highest BCUT2D eigenvalue weighted by Gasteiger charge is 2.06. The van der Waals surface area contributed by atoms with Crippen LogP contribution < -0.4 is 4.90 Å². The molecule has 2 heteroatoms. The quantitative estimate of drug-likeness (QED) is 0.867. The van der Waals surface area contributed by atoms with E-state index in [0.717, 1.165) is 13.0 Å². The summed E-state index contributed by atoms with van der Waals surface area (Å²) in [5, 5.41) is 8.91. The Morgan fingerprint density at radius 2 is 1.50 bits per heavy atom. The Labute approximate surface area is 109 Å². The summed E-state index contributed by atoms with van der Waals surface area (Å²) in [7, 11) is 0. The van der Waals surface area contributed by atoms with Crippen LogP contribution in [0.1, 0.15) is 12.5 Å². The van der Waals surface area contributed by atoms with Crippen molar-refractivity contribution < 1.29 is 5.11 Å². The van der Waals surface area contributed by atoms with E-state index in [-0.39, 0.29) is 6.61 Å². The summed E-state index contributed by atoms with van der Waals surface area (Å²) in [5.41, 5.74) is 3.56. The Hall–Kier alpha value is -1.80. The number of aliphatic hydroxyl groups is 1. The molecule has 0 saturated heterocycles. The topological polar surface area (TPSA) is 23.5 Å². The lowest BCUT2D eigenvalue weighted by atomic mass is 10.1. The second-order valence-corrected chi connectivity index (χ2v) is 4.22. The van der Waals surface area contributed by atoms with Gasteiger partial charge >= 0.3 is 0 Å². The van der Waals surface area contributed by atoms with E-state index in [9.17, 15) is 0 Å². The molecule has 0 aliphatic heterocycles. The number of hydrogen-bond acceptors (Lipinski definition) is 2. The van der Waals surface area contributed by atoms with Gasteiger partial charge in [-0.2, -0.15) is 0 Å². The molecule has 1 N–H and O–H groups in total. The molecule has 0 radical (unpaired) electrons. The Kier molecular flexibility index (Phi) is 4.37. The summed E-state index contributed by atoms with van der Waals surface area (Å²) in [4.78, 5) is 2.27. The van der Waals surface area contributed by atoms with Crippen LogP contribution in [0.3, 0.4) is 0 Å². The first-order valence-electron chi connectivity index (χ1n) is 6.37. The van der Waals surface area contributed by atoms with E-state index in [1.165, 1.54) is 16.9 Å². The maximum Gasteiger partial charge on any atom is 0.0471 e. The third-order valence-electron chi connectivity index (χ3n) is 3.03. The largest absolute Gasteiger partial charge is 0.396 e. The van der Waals surface area contributed by atoms with E-state index < -0.39 is 0 Å². The van der Waals surface area contributed by atoms with Crippen LogP contribution in [0.2, 0.25) is 0 Å². The van der Waals surface area contributed by atoms with Gasteiger partial charge in [0.05, 0.1) is 0 Å². The molecular formula is C16H19NO. The monoisotopic (exact) mass is 241 g/mol. The number of rotatable bonds is 5. The fraction of sp³-hybridized carbons (Fsp3) is 0.250. The van der Waals surface area contributed by atoms with Crippen LogP contribution in [0.15, 0.2) is 54.6 Å². The van der Waals surface area contributed by atoms with Crippen molar-refractivity contribution in [3.63, 3.8) is 0 Å². The molecule has 0 aromatic heterocycles. The Morgan fingerprint density at radius 3 is 2.06 bits per heavy atom. The van der Waals surface area contributed by atoms with Gasteiger partial charge < -0.3 is 10.0 Å². The van der Waals surface area contributed by atoms with Gasteiger partial charge in [0.15, 0.2) is 0 Å². The second-order valence-electron chi connectivity index (χ2n) is 4.22. The lowest BCUT2D eigenvalue weighted by molar-refractivity contribution is 0.299. The molecule has 0 aliphatic carbocycles. The molecule has 2 rings (SSSR count). The standard InChI is InChI=1S/C16H19NO/c1-2-17(15-6-4-3-5-7-15)16-10-8-14(9-11-16)12-13-18/h3-11,18H,2,12-13H2,1H3. The van der Waals surface area contributed by atoms with Gasteiger partial charge in [-0.3, -0.25) is 0 Å². The first-order chi connectivity index (χ1) is 8.85. The summed E-state index contributed by atoms with van der Waals surface area (Å²) < 4.78 is 0. The summed E-state index contributed by atoms with van der Waals surface area (Å²) in [6.45, 7) is 3.29. The second kappa shape index (κ2) is 6.22. The number of anilines is 2.